The van der Waals surface area contributed by atoms with Crippen molar-refractivity contribution in [3.05, 3.63) is 11.6 Å². The Morgan fingerprint density at radius 3 is 2.69 bits per heavy atom. The van der Waals surface area contributed by atoms with Crippen LogP contribution in [0, 0.1) is 40.4 Å². The lowest BCUT2D eigenvalue weighted by molar-refractivity contribution is -0.155. The van der Waals surface area contributed by atoms with Crippen molar-refractivity contribution < 1.29 is 19.1 Å². The van der Waals surface area contributed by atoms with Crippen molar-refractivity contribution in [3.8, 4) is 0 Å². The highest BCUT2D eigenvalue weighted by Gasteiger charge is 2.58. The smallest absolute Gasteiger partial charge is 0.306 e. The molecule has 0 radical (unpaired) electrons. The minimum absolute atomic E-state index is 0.00158. The van der Waals surface area contributed by atoms with Crippen molar-refractivity contribution in [1.29, 1.82) is 0 Å². The average molecular weight is 401 g/mol. The van der Waals surface area contributed by atoms with E-state index in [2.05, 4.69) is 19.9 Å². The predicted molar refractivity (Wildman–Crippen MR) is 110 cm³/mol. The van der Waals surface area contributed by atoms with Crippen LogP contribution >= 0.6 is 0 Å². The molecule has 0 amide bonds. The van der Waals surface area contributed by atoms with E-state index >= 15 is 0 Å². The summed E-state index contributed by atoms with van der Waals surface area (Å²) in [5, 5.41) is 0. The lowest BCUT2D eigenvalue weighted by Crippen LogP contribution is -2.52. The molecule has 160 valence electrons. The maximum Gasteiger partial charge on any atom is 0.306 e. The Kier molecular flexibility index (Phi) is 4.64. The van der Waals surface area contributed by atoms with Gasteiger partial charge in [0.25, 0.3) is 0 Å². The highest BCUT2D eigenvalue weighted by atomic mass is 16.5. The Hall–Kier alpha value is -1.32. The summed E-state index contributed by atoms with van der Waals surface area (Å²) in [5.41, 5.74) is 2.37. The molecular formula is C25H36O4. The maximum atomic E-state index is 11.7. The second kappa shape index (κ2) is 6.85. The highest BCUT2D eigenvalue weighted by molar-refractivity contribution is 5.71. The maximum absolute atomic E-state index is 11.7. The summed E-state index contributed by atoms with van der Waals surface area (Å²) in [5.74, 6) is 3.02. The van der Waals surface area contributed by atoms with Crippen LogP contribution in [0.3, 0.4) is 0 Å². The predicted octanol–water partition coefficient (Wildman–Crippen LogP) is 5.06. The highest BCUT2D eigenvalue weighted by Crippen LogP contribution is 2.67. The van der Waals surface area contributed by atoms with Gasteiger partial charge in [0.1, 0.15) is 6.10 Å². The van der Waals surface area contributed by atoms with Crippen LogP contribution in [-0.4, -0.2) is 24.6 Å². The Morgan fingerprint density at radius 2 is 1.97 bits per heavy atom. The Bertz CT molecular complexity index is 741. The molecule has 0 spiro atoms. The number of carbonyl (C=O) groups is 2. The minimum atomic E-state index is -0.128. The van der Waals surface area contributed by atoms with E-state index in [-0.39, 0.29) is 23.5 Å². The van der Waals surface area contributed by atoms with Crippen LogP contribution < -0.4 is 0 Å². The number of carbonyl (C=O) groups excluding carboxylic acids is 2. The van der Waals surface area contributed by atoms with E-state index in [1.165, 1.54) is 32.1 Å². The van der Waals surface area contributed by atoms with Crippen molar-refractivity contribution in [1.82, 2.24) is 0 Å². The molecule has 29 heavy (non-hydrogen) atoms. The first-order chi connectivity index (χ1) is 13.8. The van der Waals surface area contributed by atoms with E-state index < -0.39 is 0 Å². The number of hydrogen-bond donors (Lipinski definition) is 0. The number of ether oxygens (including phenoxy) is 2. The Labute approximate surface area is 174 Å². The molecule has 0 aromatic rings. The van der Waals surface area contributed by atoms with Crippen molar-refractivity contribution >= 4 is 11.9 Å². The lowest BCUT2D eigenvalue weighted by atomic mass is 9.45. The first-order valence-corrected chi connectivity index (χ1v) is 11.8. The molecule has 0 aromatic carbocycles. The topological polar surface area (TPSA) is 52.6 Å². The van der Waals surface area contributed by atoms with Crippen molar-refractivity contribution in [2.45, 2.75) is 84.7 Å². The third kappa shape index (κ3) is 2.99. The van der Waals surface area contributed by atoms with Crippen molar-refractivity contribution in [3.63, 3.8) is 0 Å². The molecular weight excluding hydrogens is 364 g/mol. The zero-order chi connectivity index (χ0) is 20.4. The third-order valence-electron chi connectivity index (χ3n) is 9.88. The molecule has 4 heteroatoms. The van der Waals surface area contributed by atoms with E-state index in [4.69, 9.17) is 9.47 Å². The van der Waals surface area contributed by atoms with Gasteiger partial charge in [-0.1, -0.05) is 25.5 Å². The fourth-order valence-electron chi connectivity index (χ4n) is 8.43. The van der Waals surface area contributed by atoms with Crippen LogP contribution in [0.25, 0.3) is 0 Å². The van der Waals surface area contributed by atoms with Crippen molar-refractivity contribution in [2.24, 2.45) is 40.4 Å². The molecule has 0 N–H and O–H groups in total. The largest absolute Gasteiger partial charge is 0.465 e. The molecule has 0 bridgehead atoms. The molecule has 8 atom stereocenters. The van der Waals surface area contributed by atoms with Crippen molar-refractivity contribution in [2.75, 3.05) is 6.61 Å². The van der Waals surface area contributed by atoms with E-state index in [1.807, 2.05) is 0 Å². The van der Waals surface area contributed by atoms with Gasteiger partial charge in [-0.2, -0.15) is 0 Å². The van der Waals surface area contributed by atoms with Crippen LogP contribution in [0.15, 0.2) is 11.6 Å². The van der Waals surface area contributed by atoms with Crippen LogP contribution in [0.2, 0.25) is 0 Å². The Balaban J connectivity index is 1.34. The van der Waals surface area contributed by atoms with E-state index in [9.17, 15) is 9.59 Å². The first kappa shape index (κ1) is 19.6. The molecule has 5 aliphatic rings. The molecule has 8 unspecified atom stereocenters. The summed E-state index contributed by atoms with van der Waals surface area (Å²) in [6.07, 6.45) is 12.8. The van der Waals surface area contributed by atoms with Crippen LogP contribution in [-0.2, 0) is 19.1 Å². The van der Waals surface area contributed by atoms with Gasteiger partial charge in [-0.3, -0.25) is 9.59 Å². The summed E-state index contributed by atoms with van der Waals surface area (Å²) in [4.78, 5) is 23.2. The van der Waals surface area contributed by atoms with E-state index in [1.54, 1.807) is 12.5 Å². The summed E-state index contributed by atoms with van der Waals surface area (Å²) in [6.45, 7) is 7.20. The minimum Gasteiger partial charge on any atom is -0.465 e. The lowest BCUT2D eigenvalue weighted by Gasteiger charge is -2.60. The van der Waals surface area contributed by atoms with Crippen LogP contribution in [0.4, 0.5) is 0 Å². The summed E-state index contributed by atoms with van der Waals surface area (Å²) in [6, 6.07) is 0. The fraction of sp³-hybridized carbons (Fsp3) is 0.840. The molecule has 1 saturated heterocycles. The number of fused-ring (bicyclic) bond motifs is 5. The van der Waals surface area contributed by atoms with Gasteiger partial charge in [0, 0.05) is 12.8 Å². The Morgan fingerprint density at radius 1 is 1.14 bits per heavy atom. The summed E-state index contributed by atoms with van der Waals surface area (Å²) >= 11 is 0. The number of rotatable bonds is 2. The fourth-order valence-corrected chi connectivity index (χ4v) is 8.43. The molecule has 5 rings (SSSR count). The molecule has 4 fully saturated rings. The van der Waals surface area contributed by atoms with Gasteiger partial charge in [0.05, 0.1) is 13.0 Å². The van der Waals surface area contributed by atoms with Crippen LogP contribution in [0.1, 0.15) is 78.6 Å². The SMILES string of the molecule is CC(=O)OC1CCC2(C)C(CCC3C4=CCC(C5COC(=O)C5)C4(C)CCC32)C1. The van der Waals surface area contributed by atoms with Crippen LogP contribution in [0.5, 0.6) is 0 Å². The zero-order valence-electron chi connectivity index (χ0n) is 18.2. The van der Waals surface area contributed by atoms with Gasteiger partial charge in [0.15, 0.2) is 0 Å². The number of esters is 2. The molecule has 1 aliphatic heterocycles. The number of hydrogen-bond acceptors (Lipinski definition) is 4. The second-order valence-electron chi connectivity index (χ2n) is 11.1. The monoisotopic (exact) mass is 400 g/mol. The average Bonchev–Trinajstić information content (AvgIpc) is 3.24. The quantitative estimate of drug-likeness (QED) is 0.480. The van der Waals surface area contributed by atoms with Gasteiger partial charge in [0.2, 0.25) is 0 Å². The summed E-state index contributed by atoms with van der Waals surface area (Å²) in [7, 11) is 0. The van der Waals surface area contributed by atoms with Gasteiger partial charge < -0.3 is 9.47 Å². The molecule has 1 heterocycles. The van der Waals surface area contributed by atoms with Gasteiger partial charge >= 0.3 is 11.9 Å². The summed E-state index contributed by atoms with van der Waals surface area (Å²) < 4.78 is 10.9. The molecule has 4 nitrogen and oxygen atoms in total. The van der Waals surface area contributed by atoms with Gasteiger partial charge in [-0.15, -0.1) is 0 Å². The van der Waals surface area contributed by atoms with Gasteiger partial charge in [-0.25, -0.2) is 0 Å². The number of allylic oxidation sites excluding steroid dienone is 2. The molecule has 3 saturated carbocycles. The van der Waals surface area contributed by atoms with E-state index in [0.29, 0.717) is 42.1 Å². The normalized spacial score (nSPS) is 48.8. The van der Waals surface area contributed by atoms with Gasteiger partial charge in [-0.05, 0) is 85.9 Å². The van der Waals surface area contributed by atoms with E-state index in [0.717, 1.165) is 25.2 Å². The standard InChI is InChI=1S/C25H36O4/c1-15(26)29-18-8-10-24(2)17(13-18)4-5-19-21-7-6-20(16-12-23(27)28-14-16)25(21,3)11-9-22(19)24/h7,16-20,22H,4-6,8-14H2,1-3H3. The third-order valence-corrected chi connectivity index (χ3v) is 9.88. The molecule has 4 aliphatic carbocycles. The number of cyclic esters (lactones) is 1. The molecule has 0 aromatic heterocycles. The second-order valence-corrected chi connectivity index (χ2v) is 11.1. The first-order valence-electron chi connectivity index (χ1n) is 11.8. The zero-order valence-corrected chi connectivity index (χ0v) is 18.2.